The van der Waals surface area contributed by atoms with E-state index in [0.29, 0.717) is 0 Å². The SMILES string of the molecule is C=CCN(CC=C)S(=O)(=O)c1cc(OC)c(Cl)cc1OC. The second-order valence-corrected chi connectivity index (χ2v) is 6.35. The topological polar surface area (TPSA) is 55.8 Å². The summed E-state index contributed by atoms with van der Waals surface area (Å²) in [7, 11) is -1.00. The van der Waals surface area contributed by atoms with Gasteiger partial charge in [0.1, 0.15) is 16.4 Å². The lowest BCUT2D eigenvalue weighted by Crippen LogP contribution is -2.31. The van der Waals surface area contributed by atoms with Crippen LogP contribution in [-0.2, 0) is 10.0 Å². The molecule has 0 fully saturated rings. The molecule has 0 radical (unpaired) electrons. The summed E-state index contributed by atoms with van der Waals surface area (Å²) in [6.45, 7) is 7.44. The second-order valence-electron chi connectivity index (χ2n) is 4.04. The lowest BCUT2D eigenvalue weighted by molar-refractivity contribution is 0.388. The van der Waals surface area contributed by atoms with Gasteiger partial charge in [0.25, 0.3) is 0 Å². The number of halogens is 1. The van der Waals surface area contributed by atoms with E-state index in [0.717, 1.165) is 0 Å². The van der Waals surface area contributed by atoms with Crippen LogP contribution in [0.3, 0.4) is 0 Å². The summed E-state index contributed by atoms with van der Waals surface area (Å²) >= 11 is 5.99. The first-order valence-electron chi connectivity index (χ1n) is 6.05. The van der Waals surface area contributed by atoms with Crippen molar-refractivity contribution >= 4 is 21.6 Å². The molecule has 1 rings (SSSR count). The van der Waals surface area contributed by atoms with Crippen LogP contribution in [0.15, 0.2) is 42.3 Å². The van der Waals surface area contributed by atoms with E-state index < -0.39 is 10.0 Å². The highest BCUT2D eigenvalue weighted by molar-refractivity contribution is 7.89. The number of methoxy groups -OCH3 is 2. The average molecular weight is 332 g/mol. The van der Waals surface area contributed by atoms with Crippen molar-refractivity contribution in [2.75, 3.05) is 27.3 Å². The Morgan fingerprint density at radius 1 is 1.14 bits per heavy atom. The highest BCUT2D eigenvalue weighted by Crippen LogP contribution is 2.36. The van der Waals surface area contributed by atoms with Crippen molar-refractivity contribution in [3.63, 3.8) is 0 Å². The molecule has 0 bridgehead atoms. The highest BCUT2D eigenvalue weighted by Gasteiger charge is 2.27. The van der Waals surface area contributed by atoms with E-state index >= 15 is 0 Å². The minimum atomic E-state index is -3.79. The monoisotopic (exact) mass is 331 g/mol. The Morgan fingerprint density at radius 2 is 1.67 bits per heavy atom. The summed E-state index contributed by atoms with van der Waals surface area (Å²) in [5.74, 6) is 0.409. The normalized spacial score (nSPS) is 11.2. The predicted molar refractivity (Wildman–Crippen MR) is 83.7 cm³/mol. The average Bonchev–Trinajstić information content (AvgIpc) is 2.46. The summed E-state index contributed by atoms with van der Waals surface area (Å²) in [5.41, 5.74) is 0. The fraction of sp³-hybridized carbons (Fsp3) is 0.286. The van der Waals surface area contributed by atoms with E-state index in [1.165, 1.54) is 42.8 Å². The van der Waals surface area contributed by atoms with Crippen LogP contribution >= 0.6 is 11.6 Å². The quantitative estimate of drug-likeness (QED) is 0.687. The Bertz CT molecular complexity index is 618. The van der Waals surface area contributed by atoms with Gasteiger partial charge in [0.15, 0.2) is 0 Å². The number of sulfonamides is 1. The molecule has 5 nitrogen and oxygen atoms in total. The van der Waals surface area contributed by atoms with Crippen molar-refractivity contribution in [1.82, 2.24) is 4.31 Å². The van der Waals surface area contributed by atoms with E-state index in [1.54, 1.807) is 0 Å². The highest BCUT2D eigenvalue weighted by atomic mass is 35.5. The van der Waals surface area contributed by atoms with E-state index in [2.05, 4.69) is 13.2 Å². The zero-order valence-corrected chi connectivity index (χ0v) is 13.6. The van der Waals surface area contributed by atoms with Crippen LogP contribution in [0.25, 0.3) is 0 Å². The second kappa shape index (κ2) is 7.49. The van der Waals surface area contributed by atoms with Gasteiger partial charge in [-0.25, -0.2) is 8.42 Å². The maximum absolute atomic E-state index is 12.7. The zero-order chi connectivity index (χ0) is 16.0. The Balaban J connectivity index is 3.47. The van der Waals surface area contributed by atoms with Crippen molar-refractivity contribution in [2.24, 2.45) is 0 Å². The first kappa shape index (κ1) is 17.6. The molecule has 0 spiro atoms. The number of nitrogens with zero attached hydrogens (tertiary/aromatic N) is 1. The number of hydrogen-bond acceptors (Lipinski definition) is 4. The summed E-state index contributed by atoms with van der Waals surface area (Å²) in [4.78, 5) is -0.0186. The minimum absolute atomic E-state index is 0.0186. The maximum Gasteiger partial charge on any atom is 0.247 e. The third-order valence-corrected chi connectivity index (χ3v) is 4.87. The Morgan fingerprint density at radius 3 is 2.10 bits per heavy atom. The Labute approximate surface area is 130 Å². The molecule has 0 saturated heterocycles. The van der Waals surface area contributed by atoms with Crippen LogP contribution in [-0.4, -0.2) is 40.0 Å². The van der Waals surface area contributed by atoms with Gasteiger partial charge in [-0.1, -0.05) is 23.8 Å². The van der Waals surface area contributed by atoms with Crippen LogP contribution in [0.4, 0.5) is 0 Å². The largest absolute Gasteiger partial charge is 0.495 e. The summed E-state index contributed by atoms with van der Waals surface area (Å²) in [5, 5.41) is 0.271. The standard InChI is InChI=1S/C14H18ClNO4S/c1-5-7-16(8-6-2)21(17,18)14-10-12(19-3)11(15)9-13(14)20-4/h5-6,9-10H,1-2,7-8H2,3-4H3. The maximum atomic E-state index is 12.7. The first-order valence-corrected chi connectivity index (χ1v) is 7.87. The van der Waals surface area contributed by atoms with E-state index in [1.807, 2.05) is 0 Å². The van der Waals surface area contributed by atoms with Crippen molar-refractivity contribution in [3.8, 4) is 11.5 Å². The Hall–Kier alpha value is -1.50. The zero-order valence-electron chi connectivity index (χ0n) is 12.0. The molecule has 1 aromatic rings. The molecule has 0 aliphatic carbocycles. The van der Waals surface area contributed by atoms with Crippen LogP contribution in [0.5, 0.6) is 11.5 Å². The third-order valence-electron chi connectivity index (χ3n) is 2.72. The molecule has 21 heavy (non-hydrogen) atoms. The van der Waals surface area contributed by atoms with Crippen molar-refractivity contribution < 1.29 is 17.9 Å². The molecule has 0 atom stereocenters. The molecule has 116 valence electrons. The van der Waals surface area contributed by atoms with Gasteiger partial charge in [-0.2, -0.15) is 4.31 Å². The minimum Gasteiger partial charge on any atom is -0.495 e. The van der Waals surface area contributed by atoms with Gasteiger partial charge in [-0.3, -0.25) is 0 Å². The third kappa shape index (κ3) is 3.78. The molecule has 0 N–H and O–H groups in total. The fourth-order valence-corrected chi connectivity index (χ4v) is 3.50. The lowest BCUT2D eigenvalue weighted by Gasteiger charge is -2.21. The molecule has 1 aromatic carbocycles. The molecule has 0 aliphatic heterocycles. The molecule has 0 aromatic heterocycles. The van der Waals surface area contributed by atoms with Gasteiger partial charge < -0.3 is 9.47 Å². The summed E-state index contributed by atoms with van der Waals surface area (Å²) in [6, 6.07) is 2.75. The van der Waals surface area contributed by atoms with E-state index in [-0.39, 0.29) is 34.5 Å². The van der Waals surface area contributed by atoms with Gasteiger partial charge in [0.05, 0.1) is 19.2 Å². The van der Waals surface area contributed by atoms with Crippen LogP contribution in [0, 0.1) is 0 Å². The summed E-state index contributed by atoms with van der Waals surface area (Å²) < 4.78 is 36.9. The van der Waals surface area contributed by atoms with Gasteiger partial charge in [0, 0.05) is 25.2 Å². The molecule has 0 unspecified atom stereocenters. The van der Waals surface area contributed by atoms with Crippen molar-refractivity contribution in [2.45, 2.75) is 4.90 Å². The lowest BCUT2D eigenvalue weighted by atomic mass is 10.3. The van der Waals surface area contributed by atoms with Crippen molar-refractivity contribution in [1.29, 1.82) is 0 Å². The van der Waals surface area contributed by atoms with Gasteiger partial charge in [0.2, 0.25) is 10.0 Å². The molecular formula is C14H18ClNO4S. The molecular weight excluding hydrogens is 314 g/mol. The van der Waals surface area contributed by atoms with Crippen molar-refractivity contribution in [3.05, 3.63) is 42.5 Å². The number of hydrogen-bond donors (Lipinski definition) is 0. The Kier molecular flexibility index (Phi) is 6.26. The van der Waals surface area contributed by atoms with Crippen LogP contribution < -0.4 is 9.47 Å². The molecule has 7 heteroatoms. The molecule has 0 aliphatic rings. The smallest absolute Gasteiger partial charge is 0.247 e. The van der Waals surface area contributed by atoms with Crippen LogP contribution in [0.2, 0.25) is 5.02 Å². The van der Waals surface area contributed by atoms with Gasteiger partial charge >= 0.3 is 0 Å². The molecule has 0 heterocycles. The molecule has 0 saturated carbocycles. The van der Waals surface area contributed by atoms with Gasteiger partial charge in [-0.15, -0.1) is 13.2 Å². The van der Waals surface area contributed by atoms with E-state index in [4.69, 9.17) is 21.1 Å². The van der Waals surface area contributed by atoms with Gasteiger partial charge in [-0.05, 0) is 0 Å². The number of ether oxygens (including phenoxy) is 2. The predicted octanol–water partition coefficient (Wildman–Crippen LogP) is 2.72. The molecule has 0 amide bonds. The van der Waals surface area contributed by atoms with E-state index in [9.17, 15) is 8.42 Å². The van der Waals surface area contributed by atoms with Crippen LogP contribution in [0.1, 0.15) is 0 Å². The fourth-order valence-electron chi connectivity index (χ4n) is 1.73. The summed E-state index contributed by atoms with van der Waals surface area (Å²) in [6.07, 6.45) is 3.00. The number of rotatable bonds is 8. The number of benzene rings is 1. The first-order chi connectivity index (χ1) is 9.92.